The predicted molar refractivity (Wildman–Crippen MR) is 60.7 cm³/mol. The molecule has 2 atom stereocenters. The molecule has 1 saturated carbocycles. The highest BCUT2D eigenvalue weighted by Crippen LogP contribution is 2.26. The Hall–Kier alpha value is -0.570. The second kappa shape index (κ2) is 6.83. The zero-order valence-corrected chi connectivity index (χ0v) is 9.92. The van der Waals surface area contributed by atoms with Gasteiger partial charge in [-0.2, -0.15) is 0 Å². The van der Waals surface area contributed by atoms with Crippen LogP contribution >= 0.6 is 0 Å². The van der Waals surface area contributed by atoms with Crippen molar-refractivity contribution in [1.29, 1.82) is 0 Å². The molecule has 0 aromatic heterocycles. The minimum atomic E-state index is -0.120. The molecule has 1 aliphatic carbocycles. The van der Waals surface area contributed by atoms with Crippen molar-refractivity contribution in [2.45, 2.75) is 51.5 Å². The Morgan fingerprint density at radius 3 is 2.93 bits per heavy atom. The van der Waals surface area contributed by atoms with Gasteiger partial charge in [-0.1, -0.05) is 26.2 Å². The van der Waals surface area contributed by atoms with Crippen LogP contribution in [0.15, 0.2) is 0 Å². The third kappa shape index (κ3) is 4.65. The van der Waals surface area contributed by atoms with Gasteiger partial charge in [0.2, 0.25) is 0 Å². The topological polar surface area (TPSA) is 38.3 Å². The fourth-order valence-corrected chi connectivity index (χ4v) is 2.33. The maximum absolute atomic E-state index is 10.9. The van der Waals surface area contributed by atoms with Crippen LogP contribution in [0.5, 0.6) is 0 Å². The summed E-state index contributed by atoms with van der Waals surface area (Å²) < 4.78 is 4.60. The maximum Gasteiger partial charge on any atom is 0.306 e. The zero-order valence-electron chi connectivity index (χ0n) is 9.92. The molecule has 1 N–H and O–H groups in total. The summed E-state index contributed by atoms with van der Waals surface area (Å²) in [5.74, 6) is 0.764. The van der Waals surface area contributed by atoms with E-state index in [2.05, 4.69) is 17.0 Å². The Balaban J connectivity index is 2.12. The van der Waals surface area contributed by atoms with Crippen molar-refractivity contribution in [1.82, 2.24) is 5.32 Å². The number of carbonyl (C=O) groups excluding carboxylic acids is 1. The van der Waals surface area contributed by atoms with Crippen LogP contribution in [0.3, 0.4) is 0 Å². The molecule has 2 unspecified atom stereocenters. The second-order valence-corrected chi connectivity index (χ2v) is 4.42. The van der Waals surface area contributed by atoms with Crippen LogP contribution in [0, 0.1) is 5.92 Å². The third-order valence-electron chi connectivity index (χ3n) is 3.35. The van der Waals surface area contributed by atoms with Crippen LogP contribution in [0.2, 0.25) is 0 Å². The van der Waals surface area contributed by atoms with Crippen LogP contribution in [0.1, 0.15) is 45.4 Å². The molecule has 0 radical (unpaired) electrons. The van der Waals surface area contributed by atoms with Crippen LogP contribution in [-0.4, -0.2) is 25.7 Å². The highest BCUT2D eigenvalue weighted by Gasteiger charge is 2.20. The molecule has 0 saturated heterocycles. The fourth-order valence-electron chi connectivity index (χ4n) is 2.33. The molecule has 0 heterocycles. The van der Waals surface area contributed by atoms with Crippen molar-refractivity contribution >= 4 is 5.97 Å². The first kappa shape index (κ1) is 12.5. The Labute approximate surface area is 92.6 Å². The highest BCUT2D eigenvalue weighted by atomic mass is 16.5. The molecule has 0 bridgehead atoms. The Morgan fingerprint density at radius 2 is 2.27 bits per heavy atom. The summed E-state index contributed by atoms with van der Waals surface area (Å²) in [7, 11) is 1.44. The van der Waals surface area contributed by atoms with E-state index in [1.54, 1.807) is 0 Å². The average molecular weight is 213 g/mol. The monoisotopic (exact) mass is 213 g/mol. The lowest BCUT2D eigenvalue weighted by Crippen LogP contribution is -2.35. The van der Waals surface area contributed by atoms with Gasteiger partial charge in [0.05, 0.1) is 13.5 Å². The summed E-state index contributed by atoms with van der Waals surface area (Å²) in [6.45, 7) is 3.02. The van der Waals surface area contributed by atoms with Gasteiger partial charge in [-0.25, -0.2) is 0 Å². The normalized spacial score (nSPS) is 26.3. The fraction of sp³-hybridized carbons (Fsp3) is 0.917. The lowest BCUT2D eigenvalue weighted by Gasteiger charge is -2.29. The first-order chi connectivity index (χ1) is 7.26. The van der Waals surface area contributed by atoms with E-state index >= 15 is 0 Å². The van der Waals surface area contributed by atoms with Crippen molar-refractivity contribution in [3.63, 3.8) is 0 Å². The first-order valence-electron chi connectivity index (χ1n) is 6.06. The summed E-state index contributed by atoms with van der Waals surface area (Å²) in [6.07, 6.45) is 7.02. The first-order valence-corrected chi connectivity index (χ1v) is 6.06. The average Bonchev–Trinajstić information content (AvgIpc) is 2.29. The van der Waals surface area contributed by atoms with E-state index in [0.717, 1.165) is 12.5 Å². The molecule has 15 heavy (non-hydrogen) atoms. The summed E-state index contributed by atoms with van der Waals surface area (Å²) in [4.78, 5) is 10.9. The molecule has 0 aliphatic heterocycles. The maximum atomic E-state index is 10.9. The van der Waals surface area contributed by atoms with E-state index in [9.17, 15) is 4.79 Å². The molecule has 1 fully saturated rings. The minimum absolute atomic E-state index is 0.120. The van der Waals surface area contributed by atoms with Gasteiger partial charge < -0.3 is 10.1 Å². The van der Waals surface area contributed by atoms with Gasteiger partial charge in [-0.3, -0.25) is 4.79 Å². The standard InChI is InChI=1S/C12H23NO2/c1-3-10-5-4-6-11(9-10)13-8-7-12(14)15-2/h10-11,13H,3-9H2,1-2H3. The second-order valence-electron chi connectivity index (χ2n) is 4.42. The summed E-state index contributed by atoms with van der Waals surface area (Å²) in [6, 6.07) is 0.619. The van der Waals surface area contributed by atoms with Gasteiger partial charge in [0.25, 0.3) is 0 Å². The molecule has 1 aliphatic rings. The minimum Gasteiger partial charge on any atom is -0.469 e. The van der Waals surface area contributed by atoms with Gasteiger partial charge in [-0.05, 0) is 18.8 Å². The number of ether oxygens (including phenoxy) is 1. The largest absolute Gasteiger partial charge is 0.469 e. The number of nitrogens with one attached hydrogen (secondary N) is 1. The highest BCUT2D eigenvalue weighted by molar-refractivity contribution is 5.69. The zero-order chi connectivity index (χ0) is 11.1. The molecule has 0 amide bonds. The SMILES string of the molecule is CCC1CCCC(NCCC(=O)OC)C1. The Kier molecular flexibility index (Phi) is 5.69. The molecular weight excluding hydrogens is 190 g/mol. The lowest BCUT2D eigenvalue weighted by atomic mass is 9.84. The van der Waals surface area contributed by atoms with Gasteiger partial charge in [0.15, 0.2) is 0 Å². The molecule has 0 aromatic carbocycles. The number of carbonyl (C=O) groups is 1. The number of esters is 1. The smallest absolute Gasteiger partial charge is 0.306 e. The van der Waals surface area contributed by atoms with Crippen molar-refractivity contribution < 1.29 is 9.53 Å². The van der Waals surface area contributed by atoms with E-state index < -0.39 is 0 Å². The molecule has 3 nitrogen and oxygen atoms in total. The van der Waals surface area contributed by atoms with E-state index in [-0.39, 0.29) is 5.97 Å². The van der Waals surface area contributed by atoms with Crippen LogP contribution in [-0.2, 0) is 9.53 Å². The van der Waals surface area contributed by atoms with Crippen molar-refractivity contribution in [3.05, 3.63) is 0 Å². The summed E-state index contributed by atoms with van der Waals surface area (Å²) >= 11 is 0. The third-order valence-corrected chi connectivity index (χ3v) is 3.35. The number of methoxy groups -OCH3 is 1. The van der Waals surface area contributed by atoms with Gasteiger partial charge >= 0.3 is 5.97 Å². The summed E-state index contributed by atoms with van der Waals surface area (Å²) in [5, 5.41) is 3.45. The molecule has 0 spiro atoms. The molecule has 88 valence electrons. The van der Waals surface area contributed by atoms with Crippen molar-refractivity contribution in [2.75, 3.05) is 13.7 Å². The van der Waals surface area contributed by atoms with E-state index in [1.807, 2.05) is 0 Å². The van der Waals surface area contributed by atoms with Crippen LogP contribution < -0.4 is 5.32 Å². The van der Waals surface area contributed by atoms with E-state index in [1.165, 1.54) is 39.2 Å². The van der Waals surface area contributed by atoms with Gasteiger partial charge in [0.1, 0.15) is 0 Å². The van der Waals surface area contributed by atoms with Crippen LogP contribution in [0.25, 0.3) is 0 Å². The van der Waals surface area contributed by atoms with Crippen LogP contribution in [0.4, 0.5) is 0 Å². The van der Waals surface area contributed by atoms with Gasteiger partial charge in [0, 0.05) is 12.6 Å². The molecule has 0 aromatic rings. The Bertz CT molecular complexity index is 194. The molecular formula is C12H23NO2. The van der Waals surface area contributed by atoms with Crippen molar-refractivity contribution in [3.8, 4) is 0 Å². The number of hydrogen-bond acceptors (Lipinski definition) is 3. The molecule has 3 heteroatoms. The van der Waals surface area contributed by atoms with Crippen molar-refractivity contribution in [2.24, 2.45) is 5.92 Å². The predicted octanol–water partition coefficient (Wildman–Crippen LogP) is 2.11. The van der Waals surface area contributed by atoms with E-state index in [0.29, 0.717) is 12.5 Å². The lowest BCUT2D eigenvalue weighted by molar-refractivity contribution is -0.140. The number of hydrogen-bond donors (Lipinski definition) is 1. The van der Waals surface area contributed by atoms with E-state index in [4.69, 9.17) is 0 Å². The number of rotatable bonds is 5. The summed E-state index contributed by atoms with van der Waals surface area (Å²) in [5.41, 5.74) is 0. The Morgan fingerprint density at radius 1 is 1.47 bits per heavy atom. The molecule has 1 rings (SSSR count). The quantitative estimate of drug-likeness (QED) is 0.711. The van der Waals surface area contributed by atoms with Gasteiger partial charge in [-0.15, -0.1) is 0 Å².